The SMILES string of the molecule is COC(=O)c1ccccc1NC(=O)COc1cc(Cl)ccc1C(=O)O. The first-order valence-electron chi connectivity index (χ1n) is 7.05. The minimum absolute atomic E-state index is 0.0311. The second-order valence-corrected chi connectivity index (χ2v) is 5.26. The van der Waals surface area contributed by atoms with Gasteiger partial charge in [0.25, 0.3) is 5.91 Å². The quantitative estimate of drug-likeness (QED) is 0.765. The fraction of sp³-hybridized carbons (Fsp3) is 0.118. The van der Waals surface area contributed by atoms with Crippen LogP contribution in [0, 0.1) is 0 Å². The second-order valence-electron chi connectivity index (χ2n) is 4.82. The van der Waals surface area contributed by atoms with Crippen molar-refractivity contribution in [2.24, 2.45) is 0 Å². The van der Waals surface area contributed by atoms with Crippen LogP contribution >= 0.6 is 11.6 Å². The number of methoxy groups -OCH3 is 1. The van der Waals surface area contributed by atoms with Crippen LogP contribution in [-0.4, -0.2) is 36.7 Å². The lowest BCUT2D eigenvalue weighted by Gasteiger charge is -2.12. The highest BCUT2D eigenvalue weighted by molar-refractivity contribution is 6.30. The van der Waals surface area contributed by atoms with Crippen molar-refractivity contribution >= 4 is 35.1 Å². The van der Waals surface area contributed by atoms with Crippen LogP contribution in [0.5, 0.6) is 5.75 Å². The Bertz CT molecular complexity index is 821. The van der Waals surface area contributed by atoms with Crippen LogP contribution in [0.15, 0.2) is 42.5 Å². The fourth-order valence-electron chi connectivity index (χ4n) is 2.00. The molecule has 0 saturated heterocycles. The number of amides is 1. The smallest absolute Gasteiger partial charge is 0.339 e. The van der Waals surface area contributed by atoms with E-state index in [2.05, 4.69) is 10.1 Å². The molecule has 2 rings (SSSR count). The Morgan fingerprint density at radius 1 is 1.12 bits per heavy atom. The van der Waals surface area contributed by atoms with Crippen LogP contribution in [0.3, 0.4) is 0 Å². The molecule has 2 N–H and O–H groups in total. The molecule has 0 bridgehead atoms. The number of carboxylic acids is 1. The van der Waals surface area contributed by atoms with Crippen molar-refractivity contribution in [2.45, 2.75) is 0 Å². The summed E-state index contributed by atoms with van der Waals surface area (Å²) >= 11 is 5.81. The van der Waals surface area contributed by atoms with E-state index in [4.69, 9.17) is 21.4 Å². The third-order valence-corrected chi connectivity index (χ3v) is 3.37. The van der Waals surface area contributed by atoms with Gasteiger partial charge in [-0.15, -0.1) is 0 Å². The Morgan fingerprint density at radius 2 is 1.84 bits per heavy atom. The number of carbonyl (C=O) groups excluding carboxylic acids is 2. The van der Waals surface area contributed by atoms with Gasteiger partial charge in [-0.1, -0.05) is 23.7 Å². The Morgan fingerprint density at radius 3 is 2.52 bits per heavy atom. The average Bonchev–Trinajstić information content (AvgIpc) is 2.59. The molecule has 7 nitrogen and oxygen atoms in total. The molecule has 130 valence electrons. The van der Waals surface area contributed by atoms with Crippen molar-refractivity contribution in [3.8, 4) is 5.75 Å². The molecule has 0 unspecified atom stereocenters. The zero-order valence-corrected chi connectivity index (χ0v) is 13.9. The predicted molar refractivity (Wildman–Crippen MR) is 90.3 cm³/mol. The molecule has 8 heteroatoms. The van der Waals surface area contributed by atoms with Gasteiger partial charge >= 0.3 is 11.9 Å². The van der Waals surface area contributed by atoms with Gasteiger partial charge in [0, 0.05) is 5.02 Å². The first-order valence-corrected chi connectivity index (χ1v) is 7.43. The van der Waals surface area contributed by atoms with E-state index >= 15 is 0 Å². The maximum absolute atomic E-state index is 12.0. The normalized spacial score (nSPS) is 10.0. The number of aromatic carboxylic acids is 1. The number of para-hydroxylation sites is 1. The van der Waals surface area contributed by atoms with Gasteiger partial charge in [-0.05, 0) is 30.3 Å². The topological polar surface area (TPSA) is 102 Å². The lowest BCUT2D eigenvalue weighted by molar-refractivity contribution is -0.118. The Hall–Kier alpha value is -3.06. The highest BCUT2D eigenvalue weighted by Gasteiger charge is 2.16. The van der Waals surface area contributed by atoms with Gasteiger partial charge in [0.15, 0.2) is 6.61 Å². The minimum atomic E-state index is -1.21. The van der Waals surface area contributed by atoms with Gasteiger partial charge in [0.05, 0.1) is 18.4 Å². The van der Waals surface area contributed by atoms with Crippen LogP contribution in [0.2, 0.25) is 5.02 Å². The lowest BCUT2D eigenvalue weighted by atomic mass is 10.2. The molecule has 0 atom stereocenters. The van der Waals surface area contributed by atoms with Crippen LogP contribution in [0.4, 0.5) is 5.69 Å². The Kier molecular flexibility index (Phi) is 5.97. The van der Waals surface area contributed by atoms with Crippen molar-refractivity contribution in [1.29, 1.82) is 0 Å². The number of carbonyl (C=O) groups is 3. The molecule has 0 aliphatic carbocycles. The van der Waals surface area contributed by atoms with E-state index in [1.54, 1.807) is 12.1 Å². The molecule has 0 radical (unpaired) electrons. The first kappa shape index (κ1) is 18.3. The van der Waals surface area contributed by atoms with Gasteiger partial charge in [-0.25, -0.2) is 9.59 Å². The van der Waals surface area contributed by atoms with Crippen molar-refractivity contribution in [3.05, 3.63) is 58.6 Å². The van der Waals surface area contributed by atoms with Gasteiger partial charge in [0.2, 0.25) is 0 Å². The maximum Gasteiger partial charge on any atom is 0.339 e. The molecule has 0 aliphatic rings. The number of nitrogens with one attached hydrogen (secondary N) is 1. The third-order valence-electron chi connectivity index (χ3n) is 3.14. The van der Waals surface area contributed by atoms with E-state index in [1.165, 1.54) is 37.4 Å². The standard InChI is InChI=1S/C17H14ClNO6/c1-24-17(23)11-4-2-3-5-13(11)19-15(20)9-25-14-8-10(18)6-7-12(14)16(21)22/h2-8H,9H2,1H3,(H,19,20)(H,21,22). The number of esters is 1. The van der Waals surface area contributed by atoms with Crippen molar-refractivity contribution < 1.29 is 29.0 Å². The van der Waals surface area contributed by atoms with Crippen LogP contribution in [0.1, 0.15) is 20.7 Å². The molecule has 0 saturated carbocycles. The summed E-state index contributed by atoms with van der Waals surface area (Å²) in [6.07, 6.45) is 0. The third kappa shape index (κ3) is 4.71. The minimum Gasteiger partial charge on any atom is -0.483 e. The number of halogens is 1. The first-order chi connectivity index (χ1) is 11.9. The molecule has 0 fully saturated rings. The molecular formula is C17H14ClNO6. The van der Waals surface area contributed by atoms with E-state index in [0.717, 1.165) is 0 Å². The van der Waals surface area contributed by atoms with Crippen LogP contribution in [-0.2, 0) is 9.53 Å². The number of hydrogen-bond donors (Lipinski definition) is 2. The summed E-state index contributed by atoms with van der Waals surface area (Å²) in [5.41, 5.74) is 0.326. The Balaban J connectivity index is 2.09. The molecule has 0 spiro atoms. The van der Waals surface area contributed by atoms with Gasteiger partial charge in [-0.2, -0.15) is 0 Å². The predicted octanol–water partition coefficient (Wildman–Crippen LogP) is 2.84. The molecule has 0 heterocycles. The van der Waals surface area contributed by atoms with Gasteiger partial charge in [0.1, 0.15) is 11.3 Å². The van der Waals surface area contributed by atoms with Crippen molar-refractivity contribution in [1.82, 2.24) is 0 Å². The molecule has 2 aromatic carbocycles. The molecular weight excluding hydrogens is 350 g/mol. The van der Waals surface area contributed by atoms with Gasteiger partial charge < -0.3 is 19.9 Å². The summed E-state index contributed by atoms with van der Waals surface area (Å²) in [5.74, 6) is -2.41. The Labute approximate surface area is 148 Å². The van der Waals surface area contributed by atoms with E-state index < -0.39 is 24.5 Å². The highest BCUT2D eigenvalue weighted by atomic mass is 35.5. The number of benzene rings is 2. The zero-order valence-electron chi connectivity index (χ0n) is 13.1. The maximum atomic E-state index is 12.0. The second kappa shape index (κ2) is 8.16. The lowest BCUT2D eigenvalue weighted by Crippen LogP contribution is -2.22. The molecule has 25 heavy (non-hydrogen) atoms. The van der Waals surface area contributed by atoms with Crippen molar-refractivity contribution in [3.63, 3.8) is 0 Å². The van der Waals surface area contributed by atoms with E-state index in [0.29, 0.717) is 0 Å². The largest absolute Gasteiger partial charge is 0.483 e. The molecule has 0 aliphatic heterocycles. The summed E-state index contributed by atoms with van der Waals surface area (Å²) in [6, 6.07) is 10.3. The monoisotopic (exact) mass is 363 g/mol. The van der Waals surface area contributed by atoms with Crippen molar-refractivity contribution in [2.75, 3.05) is 19.0 Å². The van der Waals surface area contributed by atoms with Gasteiger partial charge in [-0.3, -0.25) is 4.79 Å². The average molecular weight is 364 g/mol. The fourth-order valence-corrected chi connectivity index (χ4v) is 2.16. The van der Waals surface area contributed by atoms with Crippen LogP contribution in [0.25, 0.3) is 0 Å². The summed E-state index contributed by atoms with van der Waals surface area (Å²) < 4.78 is 9.89. The summed E-state index contributed by atoms with van der Waals surface area (Å²) in [6.45, 7) is -0.462. The number of anilines is 1. The van der Waals surface area contributed by atoms with E-state index in [9.17, 15) is 14.4 Å². The van der Waals surface area contributed by atoms with E-state index in [-0.39, 0.29) is 27.6 Å². The van der Waals surface area contributed by atoms with Crippen LogP contribution < -0.4 is 10.1 Å². The number of carboxylic acid groups (broad SMARTS) is 1. The summed E-state index contributed by atoms with van der Waals surface area (Å²) in [7, 11) is 1.23. The number of rotatable bonds is 6. The molecule has 1 amide bonds. The zero-order chi connectivity index (χ0) is 18.4. The summed E-state index contributed by atoms with van der Waals surface area (Å²) in [5, 5.41) is 11.9. The van der Waals surface area contributed by atoms with E-state index in [1.807, 2.05) is 0 Å². The summed E-state index contributed by atoms with van der Waals surface area (Å²) in [4.78, 5) is 34.9. The number of hydrogen-bond acceptors (Lipinski definition) is 5. The highest BCUT2D eigenvalue weighted by Crippen LogP contribution is 2.23. The molecule has 2 aromatic rings. The number of ether oxygens (including phenoxy) is 2. The molecule has 0 aromatic heterocycles.